The number of benzene rings is 2. The minimum atomic E-state index is -1.16. The molecule has 130 valence electrons. The van der Waals surface area contributed by atoms with Crippen LogP contribution in [-0.2, 0) is 5.72 Å². The van der Waals surface area contributed by atoms with Crippen LogP contribution in [0.1, 0.15) is 12.0 Å². The predicted octanol–water partition coefficient (Wildman–Crippen LogP) is 3.01. The Labute approximate surface area is 150 Å². The number of methoxy groups -OCH3 is 1. The van der Waals surface area contributed by atoms with Crippen molar-refractivity contribution < 1.29 is 18.8 Å². The summed E-state index contributed by atoms with van der Waals surface area (Å²) in [6, 6.07) is 14.0. The fourth-order valence-corrected chi connectivity index (χ4v) is 4.61. The number of halogens is 1. The molecule has 2 aliphatic heterocycles. The van der Waals surface area contributed by atoms with Crippen molar-refractivity contribution in [2.24, 2.45) is 0 Å². The fourth-order valence-electron chi connectivity index (χ4n) is 3.43. The third kappa shape index (κ3) is 2.79. The molecule has 0 saturated heterocycles. The van der Waals surface area contributed by atoms with Crippen molar-refractivity contribution >= 4 is 22.6 Å². The van der Waals surface area contributed by atoms with Gasteiger partial charge in [-0.3, -0.25) is 0 Å². The van der Waals surface area contributed by atoms with Gasteiger partial charge in [-0.25, -0.2) is 13.9 Å². The van der Waals surface area contributed by atoms with Crippen LogP contribution in [0.25, 0.3) is 0 Å². The van der Waals surface area contributed by atoms with Crippen LogP contribution in [0, 0.1) is 5.82 Å². The first-order valence-electron chi connectivity index (χ1n) is 8.29. The summed E-state index contributed by atoms with van der Waals surface area (Å²) in [6.45, 7) is 1.19. The van der Waals surface area contributed by atoms with Gasteiger partial charge in [-0.05, 0) is 66.7 Å². The van der Waals surface area contributed by atoms with Crippen LogP contribution in [0.2, 0.25) is 0 Å². The maximum atomic E-state index is 13.3. The smallest absolute Gasteiger partial charge is 0.316 e. The Kier molecular flexibility index (Phi) is 4.17. The number of nitrogens with zero attached hydrogens (tertiary/aromatic N) is 2. The molecular weight excluding hydrogens is 339 g/mol. The maximum Gasteiger partial charge on any atom is 0.316 e. The number of β-amino-alcohol motifs (C(OH)–C–C–N with tert-alkyl or cyclic N) is 1. The first kappa shape index (κ1) is 16.4. The van der Waals surface area contributed by atoms with E-state index in [0.29, 0.717) is 12.1 Å². The van der Waals surface area contributed by atoms with Gasteiger partial charge in [0.1, 0.15) is 17.3 Å². The molecular formula is C19H20FN2O2S+. The second-order valence-electron chi connectivity index (χ2n) is 6.24. The molecule has 0 bridgehead atoms. The Balaban J connectivity index is 1.75. The van der Waals surface area contributed by atoms with Gasteiger partial charge < -0.3 is 9.84 Å². The predicted molar refractivity (Wildman–Crippen MR) is 97.8 cm³/mol. The molecule has 2 aromatic carbocycles. The van der Waals surface area contributed by atoms with E-state index in [1.807, 2.05) is 28.8 Å². The lowest BCUT2D eigenvalue weighted by atomic mass is 10.0. The van der Waals surface area contributed by atoms with Crippen LogP contribution in [-0.4, -0.2) is 40.8 Å². The van der Waals surface area contributed by atoms with Gasteiger partial charge in [0.15, 0.2) is 6.54 Å². The van der Waals surface area contributed by atoms with Crippen molar-refractivity contribution in [2.75, 3.05) is 30.9 Å². The summed E-state index contributed by atoms with van der Waals surface area (Å²) >= 11 is 1.75. The Morgan fingerprint density at radius 1 is 1.16 bits per heavy atom. The van der Waals surface area contributed by atoms with E-state index >= 15 is 0 Å². The Hall–Kier alpha value is -2.05. The van der Waals surface area contributed by atoms with Crippen LogP contribution in [0.5, 0.6) is 5.75 Å². The summed E-state index contributed by atoms with van der Waals surface area (Å²) in [5.74, 6) is 1.53. The summed E-state index contributed by atoms with van der Waals surface area (Å²) in [7, 11) is 1.64. The van der Waals surface area contributed by atoms with Crippen LogP contribution >= 0.6 is 11.8 Å². The second kappa shape index (κ2) is 6.35. The molecule has 1 N–H and O–H groups in total. The van der Waals surface area contributed by atoms with Gasteiger partial charge in [-0.15, -0.1) is 0 Å². The Morgan fingerprint density at radius 3 is 2.56 bits per heavy atom. The minimum absolute atomic E-state index is 0.297. The molecule has 2 aliphatic rings. The number of anilines is 1. The second-order valence-corrected chi connectivity index (χ2v) is 7.31. The lowest BCUT2D eigenvalue weighted by molar-refractivity contribution is -0.656. The molecule has 25 heavy (non-hydrogen) atoms. The van der Waals surface area contributed by atoms with Gasteiger partial charge in [0, 0.05) is 11.3 Å². The molecule has 2 heterocycles. The topological polar surface area (TPSA) is 35.7 Å². The van der Waals surface area contributed by atoms with Crippen molar-refractivity contribution in [3.8, 4) is 5.75 Å². The van der Waals surface area contributed by atoms with Gasteiger partial charge in [-0.2, -0.15) is 0 Å². The molecule has 0 unspecified atom stereocenters. The molecule has 2 aromatic rings. The average Bonchev–Trinajstić information content (AvgIpc) is 2.97. The van der Waals surface area contributed by atoms with E-state index in [1.54, 1.807) is 31.0 Å². The van der Waals surface area contributed by atoms with Crippen molar-refractivity contribution in [3.63, 3.8) is 0 Å². The van der Waals surface area contributed by atoms with Crippen molar-refractivity contribution in [3.05, 3.63) is 59.9 Å². The first-order chi connectivity index (χ1) is 12.1. The number of ether oxygens (including phenoxy) is 1. The van der Waals surface area contributed by atoms with Crippen LogP contribution < -0.4 is 9.64 Å². The number of aliphatic hydroxyl groups is 1. The van der Waals surface area contributed by atoms with Gasteiger partial charge in [0.05, 0.1) is 13.7 Å². The van der Waals surface area contributed by atoms with Crippen LogP contribution in [0.3, 0.4) is 0 Å². The molecule has 0 spiro atoms. The zero-order chi connectivity index (χ0) is 17.4. The monoisotopic (exact) mass is 359 g/mol. The first-order valence-corrected chi connectivity index (χ1v) is 9.28. The molecule has 4 rings (SSSR count). The van der Waals surface area contributed by atoms with Gasteiger partial charge >= 0.3 is 5.17 Å². The molecule has 0 radical (unpaired) electrons. The summed E-state index contributed by atoms with van der Waals surface area (Å²) in [5.41, 5.74) is 0.564. The molecule has 0 aliphatic carbocycles. The van der Waals surface area contributed by atoms with E-state index in [-0.39, 0.29) is 5.82 Å². The van der Waals surface area contributed by atoms with Crippen LogP contribution in [0.4, 0.5) is 10.1 Å². The maximum absolute atomic E-state index is 13.3. The van der Waals surface area contributed by atoms with E-state index in [2.05, 4.69) is 4.90 Å². The van der Waals surface area contributed by atoms with E-state index in [1.165, 1.54) is 12.1 Å². The number of rotatable bonds is 3. The Morgan fingerprint density at radius 2 is 1.88 bits per heavy atom. The summed E-state index contributed by atoms with van der Waals surface area (Å²) < 4.78 is 20.6. The van der Waals surface area contributed by atoms with E-state index in [9.17, 15) is 9.50 Å². The third-order valence-corrected chi connectivity index (χ3v) is 5.93. The number of hydrogen-bond donors (Lipinski definition) is 1. The van der Waals surface area contributed by atoms with E-state index in [0.717, 1.165) is 35.3 Å². The number of hydrogen-bond acceptors (Lipinski definition) is 4. The van der Waals surface area contributed by atoms with E-state index in [4.69, 9.17) is 4.74 Å². The minimum Gasteiger partial charge on any atom is -0.497 e. The summed E-state index contributed by atoms with van der Waals surface area (Å²) in [5, 5.41) is 12.5. The van der Waals surface area contributed by atoms with Gasteiger partial charge in [-0.1, -0.05) is 0 Å². The molecule has 0 saturated carbocycles. The molecule has 6 heteroatoms. The normalized spacial score (nSPS) is 22.9. The van der Waals surface area contributed by atoms with Crippen molar-refractivity contribution in [1.29, 1.82) is 0 Å². The highest BCUT2D eigenvalue weighted by Crippen LogP contribution is 2.37. The lowest BCUT2D eigenvalue weighted by Crippen LogP contribution is -2.41. The quantitative estimate of drug-likeness (QED) is 0.855. The molecule has 0 amide bonds. The molecule has 1 atom stereocenters. The van der Waals surface area contributed by atoms with Crippen LogP contribution in [0.15, 0.2) is 48.5 Å². The highest BCUT2D eigenvalue weighted by atomic mass is 32.2. The lowest BCUT2D eigenvalue weighted by Gasteiger charge is -2.24. The standard InChI is InChI=1S/C19H20FN2O2S/c1-24-17-9-7-16(8-10-17)21-13-19(23,14-3-5-15(20)6-4-14)22-11-2-12-25-18(21)22/h3-10,23H,2,11-13H2,1H3/q+1/t19-/m0/s1. The van der Waals surface area contributed by atoms with E-state index < -0.39 is 5.72 Å². The van der Waals surface area contributed by atoms with Gasteiger partial charge in [0.25, 0.3) is 5.72 Å². The highest BCUT2D eigenvalue weighted by molar-refractivity contribution is 8.13. The van der Waals surface area contributed by atoms with Crippen molar-refractivity contribution in [1.82, 2.24) is 0 Å². The highest BCUT2D eigenvalue weighted by Gasteiger charge is 2.53. The summed E-state index contributed by atoms with van der Waals surface area (Å²) in [6.07, 6.45) is 1.01. The fraction of sp³-hybridized carbons (Fsp3) is 0.316. The molecule has 0 aromatic heterocycles. The van der Waals surface area contributed by atoms with Crippen molar-refractivity contribution in [2.45, 2.75) is 12.1 Å². The summed E-state index contributed by atoms with van der Waals surface area (Å²) in [4.78, 5) is 2.13. The zero-order valence-corrected chi connectivity index (χ0v) is 14.8. The SMILES string of the molecule is COc1ccc(N2C[C@](O)(c3ccc(F)cc3)[N+]3=C2SCCC3)cc1. The molecule has 4 nitrogen and oxygen atoms in total. The van der Waals surface area contributed by atoms with Gasteiger partial charge in [0.2, 0.25) is 0 Å². The zero-order valence-electron chi connectivity index (χ0n) is 14.0. The molecule has 0 fully saturated rings. The average molecular weight is 359 g/mol. The number of amidine groups is 1. The third-order valence-electron chi connectivity index (χ3n) is 4.73. The Bertz CT molecular complexity index is 807. The number of thioether (sulfide) groups is 1. The largest absolute Gasteiger partial charge is 0.497 e.